The van der Waals surface area contributed by atoms with Gasteiger partial charge in [-0.3, -0.25) is 9.69 Å². The fraction of sp³-hybridized carbons (Fsp3) is 0.682. The second kappa shape index (κ2) is 9.75. The molecule has 0 spiro atoms. The van der Waals surface area contributed by atoms with Gasteiger partial charge in [0.15, 0.2) is 0 Å². The maximum atomic E-state index is 14.2. The van der Waals surface area contributed by atoms with Crippen LogP contribution in [-0.4, -0.2) is 67.5 Å². The minimum absolute atomic E-state index is 0.110. The summed E-state index contributed by atoms with van der Waals surface area (Å²) in [6.07, 6.45) is 5.89. The molecule has 1 aliphatic heterocycles. The minimum atomic E-state index is -3.18. The summed E-state index contributed by atoms with van der Waals surface area (Å²) < 4.78 is 40.6. The van der Waals surface area contributed by atoms with Crippen molar-refractivity contribution in [3.63, 3.8) is 0 Å². The molecule has 30 heavy (non-hydrogen) atoms. The molecular formula is C22H34FN3O3S. The highest BCUT2D eigenvalue weighted by atomic mass is 32.2. The number of carbonyl (C=O) groups excluding carboxylic acids is 1. The van der Waals surface area contributed by atoms with Crippen LogP contribution in [0.5, 0.6) is 0 Å². The first-order valence-electron chi connectivity index (χ1n) is 11.1. The molecule has 2 fully saturated rings. The molecule has 168 valence electrons. The molecule has 1 aliphatic carbocycles. The number of hydrogen-bond acceptors (Lipinski definition) is 4. The molecule has 1 N–H and O–H groups in total. The number of sulfonamides is 1. The third kappa shape index (κ3) is 5.03. The minimum Gasteiger partial charge on any atom is -0.350 e. The molecule has 8 heteroatoms. The lowest BCUT2D eigenvalue weighted by molar-refractivity contribution is 0.0239. The van der Waals surface area contributed by atoms with Crippen molar-refractivity contribution < 1.29 is 17.6 Å². The number of amides is 1. The third-order valence-corrected chi connectivity index (χ3v) is 8.65. The Kier molecular flexibility index (Phi) is 7.52. The molecule has 0 bridgehead atoms. The standard InChI is InChI=1S/C22H34FN3O3S/c1-3-16-30(28,29)26-14-12-25(13-15-26)22(10-5-4-6-11-22)17-24-21(27)20-18(2)8-7-9-19(20)23/h7-9H,3-6,10-17H2,1-2H3,(H,24,27). The van der Waals surface area contributed by atoms with E-state index in [1.54, 1.807) is 23.4 Å². The molecule has 2 aliphatic rings. The highest BCUT2D eigenvalue weighted by Crippen LogP contribution is 2.34. The maximum Gasteiger partial charge on any atom is 0.254 e. The van der Waals surface area contributed by atoms with Crippen molar-refractivity contribution in [2.24, 2.45) is 0 Å². The van der Waals surface area contributed by atoms with E-state index in [2.05, 4.69) is 10.2 Å². The zero-order valence-corrected chi connectivity index (χ0v) is 18.9. The first-order chi connectivity index (χ1) is 14.3. The van der Waals surface area contributed by atoms with Gasteiger partial charge >= 0.3 is 0 Å². The molecular weight excluding hydrogens is 405 g/mol. The van der Waals surface area contributed by atoms with Crippen molar-refractivity contribution in [1.82, 2.24) is 14.5 Å². The van der Waals surface area contributed by atoms with Crippen LogP contribution in [0.2, 0.25) is 0 Å². The van der Waals surface area contributed by atoms with Crippen molar-refractivity contribution in [1.29, 1.82) is 0 Å². The van der Waals surface area contributed by atoms with Crippen LogP contribution in [0.15, 0.2) is 18.2 Å². The Morgan fingerprint density at radius 3 is 2.40 bits per heavy atom. The van der Waals surface area contributed by atoms with Crippen LogP contribution in [0.1, 0.15) is 61.4 Å². The lowest BCUT2D eigenvalue weighted by Gasteiger charge is -2.49. The zero-order valence-electron chi connectivity index (χ0n) is 18.1. The summed E-state index contributed by atoms with van der Waals surface area (Å²) in [6.45, 7) is 6.39. The van der Waals surface area contributed by atoms with Gasteiger partial charge in [-0.05, 0) is 37.8 Å². The number of aryl methyl sites for hydroxylation is 1. The molecule has 6 nitrogen and oxygen atoms in total. The molecule has 1 heterocycles. The van der Waals surface area contributed by atoms with Crippen LogP contribution in [0.4, 0.5) is 4.39 Å². The average molecular weight is 440 g/mol. The smallest absolute Gasteiger partial charge is 0.254 e. The number of rotatable bonds is 7. The van der Waals surface area contributed by atoms with Crippen LogP contribution >= 0.6 is 0 Å². The van der Waals surface area contributed by atoms with Crippen molar-refractivity contribution in [2.75, 3.05) is 38.5 Å². The second-order valence-corrected chi connectivity index (χ2v) is 10.7. The van der Waals surface area contributed by atoms with E-state index < -0.39 is 15.8 Å². The second-order valence-electron chi connectivity index (χ2n) is 8.60. The number of nitrogens with zero attached hydrogens (tertiary/aromatic N) is 2. The number of nitrogens with one attached hydrogen (secondary N) is 1. The fourth-order valence-corrected chi connectivity index (χ4v) is 6.39. The molecule has 1 amide bonds. The van der Waals surface area contributed by atoms with Crippen molar-refractivity contribution in [2.45, 2.75) is 57.9 Å². The van der Waals surface area contributed by atoms with Crippen molar-refractivity contribution >= 4 is 15.9 Å². The Hall–Kier alpha value is -1.51. The van der Waals surface area contributed by atoms with Gasteiger partial charge < -0.3 is 5.32 Å². The van der Waals surface area contributed by atoms with Gasteiger partial charge in [-0.25, -0.2) is 12.8 Å². The summed E-state index contributed by atoms with van der Waals surface area (Å²) in [5.41, 5.74) is 0.548. The van der Waals surface area contributed by atoms with E-state index in [1.165, 1.54) is 12.5 Å². The Morgan fingerprint density at radius 1 is 1.13 bits per heavy atom. The van der Waals surface area contributed by atoms with E-state index in [0.29, 0.717) is 44.7 Å². The van der Waals surface area contributed by atoms with E-state index in [1.807, 2.05) is 6.92 Å². The largest absolute Gasteiger partial charge is 0.350 e. The average Bonchev–Trinajstić information content (AvgIpc) is 2.73. The predicted molar refractivity (Wildman–Crippen MR) is 117 cm³/mol. The van der Waals surface area contributed by atoms with E-state index in [9.17, 15) is 17.6 Å². The molecule has 1 saturated heterocycles. The predicted octanol–water partition coefficient (Wildman–Crippen LogP) is 2.92. The van der Waals surface area contributed by atoms with Gasteiger partial charge in [-0.2, -0.15) is 4.31 Å². The summed E-state index contributed by atoms with van der Waals surface area (Å²) >= 11 is 0. The molecule has 0 unspecified atom stereocenters. The van der Waals surface area contributed by atoms with Crippen LogP contribution in [-0.2, 0) is 10.0 Å². The van der Waals surface area contributed by atoms with E-state index in [-0.39, 0.29) is 22.8 Å². The molecule has 3 rings (SSSR count). The summed E-state index contributed by atoms with van der Waals surface area (Å²) in [5.74, 6) is -0.685. The number of carbonyl (C=O) groups is 1. The van der Waals surface area contributed by atoms with E-state index in [0.717, 1.165) is 25.7 Å². The van der Waals surface area contributed by atoms with Crippen LogP contribution in [0, 0.1) is 12.7 Å². The van der Waals surface area contributed by atoms with Gasteiger partial charge in [-0.1, -0.05) is 38.3 Å². The van der Waals surface area contributed by atoms with Gasteiger partial charge in [0.05, 0.1) is 11.3 Å². The highest BCUT2D eigenvalue weighted by Gasteiger charge is 2.41. The monoisotopic (exact) mass is 439 g/mol. The molecule has 1 saturated carbocycles. The molecule has 0 aromatic heterocycles. The lowest BCUT2D eigenvalue weighted by atomic mass is 9.79. The summed E-state index contributed by atoms with van der Waals surface area (Å²) in [5, 5.41) is 3.00. The van der Waals surface area contributed by atoms with Gasteiger partial charge in [-0.15, -0.1) is 0 Å². The van der Waals surface area contributed by atoms with Crippen molar-refractivity contribution in [3.8, 4) is 0 Å². The van der Waals surface area contributed by atoms with Crippen LogP contribution < -0.4 is 5.32 Å². The Bertz CT molecular complexity index is 825. The zero-order chi connectivity index (χ0) is 21.8. The summed E-state index contributed by atoms with van der Waals surface area (Å²) in [6, 6.07) is 4.66. The molecule has 0 atom stereocenters. The SMILES string of the molecule is CCCS(=O)(=O)N1CCN(C2(CNC(=O)c3c(C)cccc3F)CCCCC2)CC1. The molecule has 0 radical (unpaired) electrons. The van der Waals surface area contributed by atoms with E-state index in [4.69, 9.17) is 0 Å². The van der Waals surface area contributed by atoms with Gasteiger partial charge in [0.1, 0.15) is 5.82 Å². The van der Waals surface area contributed by atoms with Crippen LogP contribution in [0.25, 0.3) is 0 Å². The Balaban J connectivity index is 1.69. The number of halogens is 1. The molecule has 1 aromatic rings. The van der Waals surface area contributed by atoms with Gasteiger partial charge in [0.2, 0.25) is 10.0 Å². The normalized spacial score (nSPS) is 20.8. The lowest BCUT2D eigenvalue weighted by Crippen LogP contribution is -2.62. The number of benzene rings is 1. The summed E-state index contributed by atoms with van der Waals surface area (Å²) in [4.78, 5) is 15.1. The van der Waals surface area contributed by atoms with Gasteiger partial charge in [0, 0.05) is 38.3 Å². The number of piperazine rings is 1. The summed E-state index contributed by atoms with van der Waals surface area (Å²) in [7, 11) is -3.18. The number of hydrogen-bond donors (Lipinski definition) is 1. The Labute approximate surface area is 179 Å². The van der Waals surface area contributed by atoms with Crippen LogP contribution in [0.3, 0.4) is 0 Å². The van der Waals surface area contributed by atoms with Gasteiger partial charge in [0.25, 0.3) is 5.91 Å². The quantitative estimate of drug-likeness (QED) is 0.709. The topological polar surface area (TPSA) is 69.7 Å². The first-order valence-corrected chi connectivity index (χ1v) is 12.7. The van der Waals surface area contributed by atoms with Crippen molar-refractivity contribution in [3.05, 3.63) is 35.1 Å². The maximum absolute atomic E-state index is 14.2. The first kappa shape index (κ1) is 23.2. The Morgan fingerprint density at radius 2 is 1.80 bits per heavy atom. The molecule has 1 aromatic carbocycles. The highest BCUT2D eigenvalue weighted by molar-refractivity contribution is 7.89. The van der Waals surface area contributed by atoms with E-state index >= 15 is 0 Å². The third-order valence-electron chi connectivity index (χ3n) is 6.58. The fourth-order valence-electron chi connectivity index (χ4n) is 4.90.